The first kappa shape index (κ1) is 23.9. The fourth-order valence-corrected chi connectivity index (χ4v) is 10.9. The molecular formula is C22H28Cl2N2O2Ti. The predicted molar refractivity (Wildman–Crippen MR) is 116 cm³/mol. The van der Waals surface area contributed by atoms with Crippen LogP contribution in [0.4, 0.5) is 0 Å². The van der Waals surface area contributed by atoms with E-state index >= 15 is 0 Å². The summed E-state index contributed by atoms with van der Waals surface area (Å²) in [4.78, 5) is 26.9. The molecule has 0 aliphatic rings. The first-order chi connectivity index (χ1) is 13.8. The van der Waals surface area contributed by atoms with Crippen LogP contribution in [0.3, 0.4) is 0 Å². The Morgan fingerprint density at radius 1 is 0.759 bits per heavy atom. The molecule has 2 unspecified atom stereocenters. The molecule has 4 nitrogen and oxygen atoms in total. The summed E-state index contributed by atoms with van der Waals surface area (Å²) in [5.74, 6) is -0.474. The Balaban J connectivity index is 2.55. The molecule has 0 fully saturated rings. The molecule has 0 aromatic heterocycles. The second kappa shape index (κ2) is 10.6. The van der Waals surface area contributed by atoms with E-state index in [0.717, 1.165) is 0 Å². The number of hydrogen-bond acceptors (Lipinski definition) is 2. The zero-order valence-electron chi connectivity index (χ0n) is 17.3. The van der Waals surface area contributed by atoms with Crippen LogP contribution < -0.4 is 0 Å². The van der Waals surface area contributed by atoms with Gasteiger partial charge in [-0.3, -0.25) is 0 Å². The van der Waals surface area contributed by atoms with Crippen LogP contribution in [-0.4, -0.2) is 30.7 Å². The third-order valence-corrected chi connectivity index (χ3v) is 11.9. The molecule has 0 aliphatic heterocycles. The number of halogens is 2. The quantitative estimate of drug-likeness (QED) is 0.433. The van der Waals surface area contributed by atoms with Crippen LogP contribution in [0.15, 0.2) is 60.7 Å². The fourth-order valence-electron chi connectivity index (χ4n) is 3.10. The maximum absolute atomic E-state index is 13.4. The van der Waals surface area contributed by atoms with E-state index in [9.17, 15) is 9.59 Å². The van der Waals surface area contributed by atoms with Crippen molar-refractivity contribution in [2.45, 2.75) is 52.6 Å². The first-order valence-corrected chi connectivity index (χ1v) is 15.6. The Labute approximate surface area is 185 Å². The molecule has 156 valence electrons. The van der Waals surface area contributed by atoms with Gasteiger partial charge in [-0.15, -0.1) is 0 Å². The monoisotopic (exact) mass is 470 g/mol. The van der Waals surface area contributed by atoms with Crippen molar-refractivity contribution in [2.75, 3.05) is 0 Å². The van der Waals surface area contributed by atoms with Gasteiger partial charge < -0.3 is 0 Å². The molecule has 0 N–H and O–H groups in total. The predicted octanol–water partition coefficient (Wildman–Crippen LogP) is 6.16. The number of amides is 2. The standard InChI is InChI=1S/2C11H15NO.2ClH.Ti/c2*1-3-9(2)12-11(13)10-7-5-4-6-8-10;;;/h2*4-9H,3H2,1-2H3,(H,12,13);2*1H;/q;;;;+4/p-4. The van der Waals surface area contributed by atoms with Gasteiger partial charge in [0.05, 0.1) is 0 Å². The minimum atomic E-state index is -4.36. The Morgan fingerprint density at radius 2 is 1.07 bits per heavy atom. The summed E-state index contributed by atoms with van der Waals surface area (Å²) in [6, 6.07) is 17.5. The van der Waals surface area contributed by atoms with Crippen molar-refractivity contribution in [3.63, 3.8) is 0 Å². The van der Waals surface area contributed by atoms with Crippen LogP contribution in [0, 0.1) is 0 Å². The van der Waals surface area contributed by atoms with E-state index in [1.54, 1.807) is 55.3 Å². The molecule has 0 saturated heterocycles. The molecule has 0 bridgehead atoms. The molecule has 0 aliphatic carbocycles. The van der Waals surface area contributed by atoms with E-state index < -0.39 is 15.0 Å². The zero-order valence-corrected chi connectivity index (χ0v) is 20.4. The SMILES string of the molecule is CCC(C)[N](C(=O)c1ccccc1)[Ti]([Cl])([Cl])[N](C(=O)c1ccccc1)C(C)CC. The van der Waals surface area contributed by atoms with E-state index in [1.807, 2.05) is 39.8 Å². The van der Waals surface area contributed by atoms with E-state index in [1.165, 1.54) is 0 Å². The molecule has 0 saturated carbocycles. The Bertz CT molecular complexity index is 751. The van der Waals surface area contributed by atoms with Gasteiger partial charge in [-0.25, -0.2) is 0 Å². The maximum atomic E-state index is 13.4. The molecule has 7 heteroatoms. The third kappa shape index (κ3) is 5.43. The van der Waals surface area contributed by atoms with Crippen molar-refractivity contribution < 1.29 is 24.6 Å². The van der Waals surface area contributed by atoms with Crippen molar-refractivity contribution in [1.29, 1.82) is 0 Å². The van der Waals surface area contributed by atoms with E-state index in [2.05, 4.69) is 0 Å². The van der Waals surface area contributed by atoms with E-state index in [-0.39, 0.29) is 23.9 Å². The zero-order chi connectivity index (χ0) is 21.6. The van der Waals surface area contributed by atoms with Gasteiger partial charge >= 0.3 is 186 Å². The van der Waals surface area contributed by atoms with E-state index in [0.29, 0.717) is 24.0 Å². The molecule has 2 amide bonds. The summed E-state index contributed by atoms with van der Waals surface area (Å²) in [5, 5.41) is 0. The van der Waals surface area contributed by atoms with Gasteiger partial charge in [0.15, 0.2) is 0 Å². The van der Waals surface area contributed by atoms with Gasteiger partial charge in [0.1, 0.15) is 0 Å². The molecule has 2 atom stereocenters. The summed E-state index contributed by atoms with van der Waals surface area (Å²) in [7, 11) is 14.1. The Morgan fingerprint density at radius 3 is 1.34 bits per heavy atom. The summed E-state index contributed by atoms with van der Waals surface area (Å²) >= 11 is -4.36. The van der Waals surface area contributed by atoms with Crippen LogP contribution >= 0.6 is 18.6 Å². The van der Waals surface area contributed by atoms with Crippen molar-refractivity contribution in [3.8, 4) is 0 Å². The van der Waals surface area contributed by atoms with Crippen LogP contribution in [-0.2, 0) is 15.0 Å². The number of benzene rings is 2. The molecule has 2 aromatic rings. The normalized spacial score (nSPS) is 13.4. The molecule has 2 rings (SSSR count). The number of carbonyl (C=O) groups is 2. The second-order valence-corrected chi connectivity index (χ2v) is 15.3. The van der Waals surface area contributed by atoms with Gasteiger partial charge in [-0.05, 0) is 0 Å². The number of carbonyl (C=O) groups excluding carboxylic acids is 2. The topological polar surface area (TPSA) is 40.6 Å². The van der Waals surface area contributed by atoms with Gasteiger partial charge in [0.25, 0.3) is 0 Å². The van der Waals surface area contributed by atoms with Crippen molar-refractivity contribution >= 4 is 30.4 Å². The molecule has 2 aromatic carbocycles. The minimum absolute atomic E-state index is 0.201. The van der Waals surface area contributed by atoms with Crippen LogP contribution in [0.5, 0.6) is 0 Å². The summed E-state index contributed by atoms with van der Waals surface area (Å²) in [6.07, 6.45) is 1.36. The number of nitrogens with zero attached hydrogens (tertiary/aromatic N) is 2. The Hall–Kier alpha value is -1.33. The van der Waals surface area contributed by atoms with Crippen LogP contribution in [0.25, 0.3) is 0 Å². The van der Waals surface area contributed by atoms with E-state index in [4.69, 9.17) is 18.6 Å². The second-order valence-electron chi connectivity index (χ2n) is 7.11. The van der Waals surface area contributed by atoms with Crippen LogP contribution in [0.2, 0.25) is 0 Å². The molecular weight excluding hydrogens is 443 g/mol. The number of hydrogen-bond donors (Lipinski definition) is 0. The Kier molecular flexibility index (Phi) is 8.78. The molecule has 0 spiro atoms. The van der Waals surface area contributed by atoms with Crippen molar-refractivity contribution in [1.82, 2.24) is 6.76 Å². The van der Waals surface area contributed by atoms with Gasteiger partial charge in [-0.1, -0.05) is 0 Å². The fraction of sp³-hybridized carbons (Fsp3) is 0.364. The average Bonchev–Trinajstić information content (AvgIpc) is 2.74. The average molecular weight is 471 g/mol. The first-order valence-electron chi connectivity index (χ1n) is 9.90. The van der Waals surface area contributed by atoms with Crippen molar-refractivity contribution in [3.05, 3.63) is 71.8 Å². The molecule has 29 heavy (non-hydrogen) atoms. The summed E-state index contributed by atoms with van der Waals surface area (Å²) in [5.41, 5.74) is 1.03. The van der Waals surface area contributed by atoms with Gasteiger partial charge in [-0.2, -0.15) is 0 Å². The van der Waals surface area contributed by atoms with Gasteiger partial charge in [0.2, 0.25) is 0 Å². The summed E-state index contributed by atoms with van der Waals surface area (Å²) in [6.45, 7) is 7.81. The van der Waals surface area contributed by atoms with Crippen LogP contribution in [0.1, 0.15) is 61.3 Å². The number of rotatable bonds is 8. The third-order valence-electron chi connectivity index (χ3n) is 5.12. The molecule has 0 radical (unpaired) electrons. The summed E-state index contributed by atoms with van der Waals surface area (Å²) < 4.78 is 3.18. The molecule has 0 heterocycles. The van der Waals surface area contributed by atoms with Gasteiger partial charge in [0, 0.05) is 0 Å². The van der Waals surface area contributed by atoms with Crippen molar-refractivity contribution in [2.24, 2.45) is 0 Å².